The highest BCUT2D eigenvalue weighted by Gasteiger charge is 2.09. The number of carbonyl (C=O) groups excluding carboxylic acids is 1. The Morgan fingerprint density at radius 3 is 1.27 bits per heavy atom. The molecular formula is C33H66O4. The van der Waals surface area contributed by atoms with Gasteiger partial charge in [-0.2, -0.15) is 0 Å². The summed E-state index contributed by atoms with van der Waals surface area (Å²) < 4.78 is 10.8. The molecule has 1 unspecified atom stereocenters. The Bertz CT molecular complexity index is 440. The SMILES string of the molecule is CCCCCCCCCCCCCCCC(=O)OCC(O)COCCCCCCCCCCCCCC. The van der Waals surface area contributed by atoms with Crippen molar-refractivity contribution in [1.82, 2.24) is 0 Å². The van der Waals surface area contributed by atoms with Crippen LogP contribution in [0.15, 0.2) is 0 Å². The number of rotatable bonds is 31. The van der Waals surface area contributed by atoms with Gasteiger partial charge in [0.25, 0.3) is 0 Å². The second-order valence-electron chi connectivity index (χ2n) is 11.3. The van der Waals surface area contributed by atoms with Gasteiger partial charge >= 0.3 is 5.97 Å². The van der Waals surface area contributed by atoms with E-state index in [1.165, 1.54) is 141 Å². The van der Waals surface area contributed by atoms with Crippen molar-refractivity contribution in [3.8, 4) is 0 Å². The van der Waals surface area contributed by atoms with E-state index in [2.05, 4.69) is 13.8 Å². The average Bonchev–Trinajstić information content (AvgIpc) is 2.90. The first kappa shape index (κ1) is 36.4. The topological polar surface area (TPSA) is 55.8 Å². The van der Waals surface area contributed by atoms with Crippen LogP contribution in [0.2, 0.25) is 0 Å². The normalized spacial score (nSPS) is 12.2. The van der Waals surface area contributed by atoms with Gasteiger partial charge in [0.05, 0.1) is 6.61 Å². The number of carbonyl (C=O) groups is 1. The first-order valence-electron chi connectivity index (χ1n) is 16.6. The number of aliphatic hydroxyl groups excluding tert-OH is 1. The van der Waals surface area contributed by atoms with Crippen LogP contribution in [-0.2, 0) is 14.3 Å². The molecule has 0 bridgehead atoms. The summed E-state index contributed by atoms with van der Waals surface area (Å²) in [5.41, 5.74) is 0. The summed E-state index contributed by atoms with van der Waals surface area (Å²) in [6, 6.07) is 0. The van der Waals surface area contributed by atoms with Crippen molar-refractivity contribution in [2.75, 3.05) is 19.8 Å². The molecule has 0 saturated heterocycles. The van der Waals surface area contributed by atoms with Gasteiger partial charge in [0.2, 0.25) is 0 Å². The maximum atomic E-state index is 11.9. The van der Waals surface area contributed by atoms with Crippen LogP contribution in [-0.4, -0.2) is 37.0 Å². The van der Waals surface area contributed by atoms with Crippen molar-refractivity contribution in [2.24, 2.45) is 0 Å². The van der Waals surface area contributed by atoms with Gasteiger partial charge in [-0.1, -0.05) is 162 Å². The van der Waals surface area contributed by atoms with Crippen molar-refractivity contribution in [3.05, 3.63) is 0 Å². The molecule has 0 rings (SSSR count). The smallest absolute Gasteiger partial charge is 0.305 e. The fourth-order valence-corrected chi connectivity index (χ4v) is 4.86. The van der Waals surface area contributed by atoms with Gasteiger partial charge in [0, 0.05) is 13.0 Å². The molecule has 0 aliphatic rings. The van der Waals surface area contributed by atoms with Crippen molar-refractivity contribution >= 4 is 5.97 Å². The number of esters is 1. The minimum absolute atomic E-state index is 0.0513. The van der Waals surface area contributed by atoms with Crippen LogP contribution < -0.4 is 0 Å². The lowest BCUT2D eigenvalue weighted by Crippen LogP contribution is -2.24. The van der Waals surface area contributed by atoms with Gasteiger partial charge in [-0.25, -0.2) is 0 Å². The molecular weight excluding hydrogens is 460 g/mol. The average molecular weight is 527 g/mol. The zero-order chi connectivity index (χ0) is 27.1. The van der Waals surface area contributed by atoms with E-state index in [1.807, 2.05) is 0 Å². The van der Waals surface area contributed by atoms with E-state index >= 15 is 0 Å². The Balaban J connectivity index is 3.27. The number of hydrogen-bond donors (Lipinski definition) is 1. The zero-order valence-corrected chi connectivity index (χ0v) is 25.3. The third-order valence-electron chi connectivity index (χ3n) is 7.37. The Hall–Kier alpha value is -0.610. The summed E-state index contributed by atoms with van der Waals surface area (Å²) in [7, 11) is 0. The van der Waals surface area contributed by atoms with Crippen molar-refractivity contribution in [3.63, 3.8) is 0 Å². The van der Waals surface area contributed by atoms with Crippen molar-refractivity contribution < 1.29 is 19.4 Å². The van der Waals surface area contributed by atoms with Gasteiger partial charge in [-0.15, -0.1) is 0 Å². The standard InChI is InChI=1S/C33H66O4/c1-3-5-7-9-11-13-15-17-18-20-22-24-26-28-33(35)37-31-32(34)30-36-29-27-25-23-21-19-16-14-12-10-8-6-4-2/h32,34H,3-31H2,1-2H3. The number of aliphatic hydroxyl groups is 1. The number of unbranched alkanes of at least 4 members (excludes halogenated alkanes) is 23. The molecule has 0 aromatic carbocycles. The lowest BCUT2D eigenvalue weighted by Gasteiger charge is -2.12. The fourth-order valence-electron chi connectivity index (χ4n) is 4.86. The molecule has 0 aromatic heterocycles. The molecule has 0 radical (unpaired) electrons. The highest BCUT2D eigenvalue weighted by atomic mass is 16.5. The van der Waals surface area contributed by atoms with Crippen LogP contribution in [0.1, 0.15) is 181 Å². The lowest BCUT2D eigenvalue weighted by molar-refractivity contribution is -0.147. The summed E-state index contributed by atoms with van der Waals surface area (Å²) in [5.74, 6) is -0.192. The third-order valence-corrected chi connectivity index (χ3v) is 7.37. The molecule has 0 spiro atoms. The number of ether oxygens (including phenoxy) is 2. The second-order valence-corrected chi connectivity index (χ2v) is 11.3. The van der Waals surface area contributed by atoms with E-state index in [-0.39, 0.29) is 19.2 Å². The minimum atomic E-state index is -0.715. The lowest BCUT2D eigenvalue weighted by atomic mass is 10.0. The van der Waals surface area contributed by atoms with Gasteiger partial charge in [-0.05, 0) is 12.8 Å². The van der Waals surface area contributed by atoms with Crippen LogP contribution in [0, 0.1) is 0 Å². The highest BCUT2D eigenvalue weighted by Crippen LogP contribution is 2.14. The zero-order valence-electron chi connectivity index (χ0n) is 25.3. The van der Waals surface area contributed by atoms with Crippen LogP contribution in [0.4, 0.5) is 0 Å². The Morgan fingerprint density at radius 2 is 0.865 bits per heavy atom. The molecule has 4 heteroatoms. The van der Waals surface area contributed by atoms with Gasteiger partial charge in [0.15, 0.2) is 0 Å². The molecule has 4 nitrogen and oxygen atoms in total. The second kappa shape index (κ2) is 31.6. The maximum absolute atomic E-state index is 11.9. The van der Waals surface area contributed by atoms with Gasteiger partial charge in [0.1, 0.15) is 12.7 Å². The molecule has 37 heavy (non-hydrogen) atoms. The van der Waals surface area contributed by atoms with E-state index in [4.69, 9.17) is 9.47 Å². The summed E-state index contributed by atoms with van der Waals surface area (Å²) >= 11 is 0. The fraction of sp³-hybridized carbons (Fsp3) is 0.970. The van der Waals surface area contributed by atoms with Crippen molar-refractivity contribution in [1.29, 1.82) is 0 Å². The molecule has 0 aliphatic heterocycles. The van der Waals surface area contributed by atoms with E-state index < -0.39 is 6.10 Å². The summed E-state index contributed by atoms with van der Waals surface area (Å²) in [6.45, 7) is 5.53. The van der Waals surface area contributed by atoms with Crippen molar-refractivity contribution in [2.45, 2.75) is 187 Å². The van der Waals surface area contributed by atoms with Crippen LogP contribution in [0.3, 0.4) is 0 Å². The molecule has 0 aliphatic carbocycles. The third kappa shape index (κ3) is 31.5. The Morgan fingerprint density at radius 1 is 0.514 bits per heavy atom. The molecule has 1 atom stereocenters. The van der Waals surface area contributed by atoms with Gasteiger partial charge in [-0.3, -0.25) is 4.79 Å². The largest absolute Gasteiger partial charge is 0.463 e. The first-order chi connectivity index (χ1) is 18.2. The summed E-state index contributed by atoms with van der Waals surface area (Å²) in [5, 5.41) is 9.97. The quantitative estimate of drug-likeness (QED) is 0.0721. The predicted octanol–water partition coefficient (Wildman–Crippen LogP) is 10.1. The van der Waals surface area contributed by atoms with Crippen LogP contribution in [0.5, 0.6) is 0 Å². The maximum Gasteiger partial charge on any atom is 0.305 e. The molecule has 0 aromatic rings. The van der Waals surface area contributed by atoms with E-state index in [9.17, 15) is 9.90 Å². The Labute approximate surface area is 232 Å². The molecule has 0 fully saturated rings. The van der Waals surface area contributed by atoms with Crippen LogP contribution in [0.25, 0.3) is 0 Å². The van der Waals surface area contributed by atoms with Gasteiger partial charge < -0.3 is 14.6 Å². The predicted molar refractivity (Wildman–Crippen MR) is 159 cm³/mol. The molecule has 0 saturated carbocycles. The minimum Gasteiger partial charge on any atom is -0.463 e. The Kier molecular flexibility index (Phi) is 31.1. The monoisotopic (exact) mass is 526 g/mol. The highest BCUT2D eigenvalue weighted by molar-refractivity contribution is 5.69. The summed E-state index contributed by atoms with van der Waals surface area (Å²) in [6.07, 6.45) is 32.5. The molecule has 222 valence electrons. The van der Waals surface area contributed by atoms with Crippen LogP contribution >= 0.6 is 0 Å². The molecule has 0 heterocycles. The molecule has 0 amide bonds. The van der Waals surface area contributed by atoms with E-state index in [1.54, 1.807) is 0 Å². The number of hydrogen-bond acceptors (Lipinski definition) is 4. The summed E-state index contributed by atoms with van der Waals surface area (Å²) in [4.78, 5) is 11.9. The van der Waals surface area contributed by atoms with E-state index in [0.717, 1.165) is 19.3 Å². The molecule has 1 N–H and O–H groups in total. The first-order valence-corrected chi connectivity index (χ1v) is 16.6. The van der Waals surface area contributed by atoms with E-state index in [0.29, 0.717) is 13.0 Å².